The predicted octanol–water partition coefficient (Wildman–Crippen LogP) is 3.42. The van der Waals surface area contributed by atoms with Gasteiger partial charge in [-0.3, -0.25) is 4.99 Å². The smallest absolute Gasteiger partial charge is 0.195 e. The largest absolute Gasteiger partial charge is 0.491 e. The summed E-state index contributed by atoms with van der Waals surface area (Å²) in [6.07, 6.45) is 0.0404. The lowest BCUT2D eigenvalue weighted by Gasteiger charge is -2.15. The molecule has 3 N–H and O–H groups in total. The number of guanidine groups is 1. The number of anilines is 1. The number of benzene rings is 2. The molecule has 9 heteroatoms. The number of halogens is 2. The van der Waals surface area contributed by atoms with E-state index in [4.69, 9.17) is 14.2 Å². The molecule has 2 aromatic rings. The van der Waals surface area contributed by atoms with Gasteiger partial charge in [-0.1, -0.05) is 0 Å². The van der Waals surface area contributed by atoms with Crippen LogP contribution in [0.5, 0.6) is 17.2 Å². The van der Waals surface area contributed by atoms with E-state index in [2.05, 4.69) is 15.6 Å². The fraction of sp³-hybridized carbons (Fsp3) is 0.381. The number of nitrogens with one attached hydrogen (secondary N) is 2. The number of aliphatic hydroxyl groups is 1. The average Bonchev–Trinajstić information content (AvgIpc) is 2.97. The minimum atomic E-state index is -0.806. The van der Waals surface area contributed by atoms with Gasteiger partial charge in [0.2, 0.25) is 0 Å². The zero-order chi connectivity index (χ0) is 20.5. The zero-order valence-electron chi connectivity index (χ0n) is 16.8. The minimum absolute atomic E-state index is 0. The molecule has 0 aromatic heterocycles. The highest BCUT2D eigenvalue weighted by molar-refractivity contribution is 14.0. The van der Waals surface area contributed by atoms with Crippen LogP contribution in [0.3, 0.4) is 0 Å². The average molecular weight is 531 g/mol. The van der Waals surface area contributed by atoms with Gasteiger partial charge in [-0.05, 0) is 43.3 Å². The van der Waals surface area contributed by atoms with E-state index in [1.54, 1.807) is 0 Å². The predicted molar refractivity (Wildman–Crippen MR) is 125 cm³/mol. The van der Waals surface area contributed by atoms with Crippen LogP contribution in [-0.4, -0.2) is 50.1 Å². The van der Waals surface area contributed by atoms with Gasteiger partial charge in [-0.2, -0.15) is 0 Å². The zero-order valence-corrected chi connectivity index (χ0v) is 19.1. The Morgan fingerprint density at radius 2 is 1.90 bits per heavy atom. The van der Waals surface area contributed by atoms with Gasteiger partial charge in [0, 0.05) is 24.7 Å². The van der Waals surface area contributed by atoms with Gasteiger partial charge in [-0.25, -0.2) is 4.39 Å². The van der Waals surface area contributed by atoms with E-state index in [9.17, 15) is 9.50 Å². The van der Waals surface area contributed by atoms with Crippen molar-refractivity contribution in [2.75, 3.05) is 38.2 Å². The molecule has 0 saturated heterocycles. The fourth-order valence-corrected chi connectivity index (χ4v) is 2.66. The maximum Gasteiger partial charge on any atom is 0.195 e. The van der Waals surface area contributed by atoms with Crippen LogP contribution in [0, 0.1) is 5.82 Å². The normalized spacial score (nSPS) is 14.2. The van der Waals surface area contributed by atoms with Crippen molar-refractivity contribution in [2.24, 2.45) is 4.99 Å². The van der Waals surface area contributed by atoms with E-state index < -0.39 is 6.10 Å². The maximum atomic E-state index is 12.9. The molecular formula is C21H27FIN3O4. The van der Waals surface area contributed by atoms with Gasteiger partial charge in [0.15, 0.2) is 17.5 Å². The van der Waals surface area contributed by atoms with Crippen molar-refractivity contribution in [3.63, 3.8) is 0 Å². The number of hydrogen-bond donors (Lipinski definition) is 3. The van der Waals surface area contributed by atoms with E-state index in [1.165, 1.54) is 24.3 Å². The van der Waals surface area contributed by atoms with Crippen molar-refractivity contribution < 1.29 is 23.7 Å². The lowest BCUT2D eigenvalue weighted by Crippen LogP contribution is -2.32. The third-order valence-electron chi connectivity index (χ3n) is 4.07. The molecule has 0 bridgehead atoms. The van der Waals surface area contributed by atoms with E-state index in [0.29, 0.717) is 37.2 Å². The summed E-state index contributed by atoms with van der Waals surface area (Å²) in [6, 6.07) is 11.3. The molecule has 0 amide bonds. The van der Waals surface area contributed by atoms with Crippen LogP contribution in [-0.2, 0) is 0 Å². The Morgan fingerprint density at radius 1 is 1.17 bits per heavy atom. The number of rotatable bonds is 7. The molecule has 7 nitrogen and oxygen atoms in total. The third-order valence-corrected chi connectivity index (χ3v) is 4.07. The SMILES string of the molecule is CCNC(=NCC(O)COc1ccc(F)cc1)Nc1ccc2c(c1)OCCCO2.I. The first kappa shape index (κ1) is 24.0. The van der Waals surface area contributed by atoms with Crippen molar-refractivity contribution in [3.8, 4) is 17.2 Å². The molecule has 1 aliphatic rings. The Hall–Kier alpha value is -2.27. The van der Waals surface area contributed by atoms with Gasteiger partial charge in [0.25, 0.3) is 0 Å². The van der Waals surface area contributed by atoms with E-state index in [0.717, 1.165) is 17.9 Å². The van der Waals surface area contributed by atoms with Crippen LogP contribution >= 0.6 is 24.0 Å². The molecule has 0 aliphatic carbocycles. The molecule has 0 saturated carbocycles. The summed E-state index contributed by atoms with van der Waals surface area (Å²) in [5, 5.41) is 16.5. The number of nitrogens with zero attached hydrogens (tertiary/aromatic N) is 1. The summed E-state index contributed by atoms with van der Waals surface area (Å²) in [5.41, 5.74) is 0.797. The second-order valence-electron chi connectivity index (χ2n) is 6.48. The standard InChI is InChI=1S/C21H26FN3O4.HI/c1-2-23-21(24-13-17(26)14-29-18-7-4-15(22)5-8-18)25-16-6-9-19-20(12-16)28-11-3-10-27-19;/h4-9,12,17,26H,2-3,10-11,13-14H2,1H3,(H2,23,24,25);1H. The second kappa shape index (κ2) is 12.4. The molecule has 0 spiro atoms. The molecule has 1 aliphatic heterocycles. The first-order valence-corrected chi connectivity index (χ1v) is 9.65. The number of ether oxygens (including phenoxy) is 3. The molecule has 1 heterocycles. The van der Waals surface area contributed by atoms with Gasteiger partial charge in [-0.15, -0.1) is 24.0 Å². The molecule has 1 unspecified atom stereocenters. The molecule has 0 fully saturated rings. The Labute approximate surface area is 192 Å². The topological polar surface area (TPSA) is 84.3 Å². The summed E-state index contributed by atoms with van der Waals surface area (Å²) >= 11 is 0. The quantitative estimate of drug-likeness (QED) is 0.289. The molecule has 3 rings (SSSR count). The molecule has 0 radical (unpaired) electrons. The van der Waals surface area contributed by atoms with Gasteiger partial charge in [0.1, 0.15) is 24.3 Å². The van der Waals surface area contributed by atoms with Crippen molar-refractivity contribution in [3.05, 3.63) is 48.3 Å². The van der Waals surface area contributed by atoms with E-state index in [-0.39, 0.29) is 42.9 Å². The van der Waals surface area contributed by atoms with Gasteiger partial charge >= 0.3 is 0 Å². The van der Waals surface area contributed by atoms with E-state index >= 15 is 0 Å². The first-order valence-electron chi connectivity index (χ1n) is 9.65. The van der Waals surface area contributed by atoms with Crippen LogP contribution in [0.15, 0.2) is 47.5 Å². The number of aliphatic hydroxyl groups excluding tert-OH is 1. The molecule has 164 valence electrons. The summed E-state index contributed by atoms with van der Waals surface area (Å²) < 4.78 is 29.7. The summed E-state index contributed by atoms with van der Waals surface area (Å²) in [7, 11) is 0. The minimum Gasteiger partial charge on any atom is -0.491 e. The molecular weight excluding hydrogens is 504 g/mol. The monoisotopic (exact) mass is 531 g/mol. The van der Waals surface area contributed by atoms with Crippen molar-refractivity contribution >= 4 is 35.6 Å². The second-order valence-corrected chi connectivity index (χ2v) is 6.48. The molecule has 2 aromatic carbocycles. The lowest BCUT2D eigenvalue weighted by atomic mass is 10.2. The summed E-state index contributed by atoms with van der Waals surface area (Å²) in [5.74, 6) is 2.10. The summed E-state index contributed by atoms with van der Waals surface area (Å²) in [6.45, 7) is 4.07. The highest BCUT2D eigenvalue weighted by Gasteiger charge is 2.12. The van der Waals surface area contributed by atoms with Crippen LogP contribution in [0.2, 0.25) is 0 Å². The van der Waals surface area contributed by atoms with Gasteiger partial charge < -0.3 is 30.0 Å². The van der Waals surface area contributed by atoms with Crippen LogP contribution in [0.1, 0.15) is 13.3 Å². The van der Waals surface area contributed by atoms with Crippen LogP contribution in [0.4, 0.5) is 10.1 Å². The van der Waals surface area contributed by atoms with E-state index in [1.807, 2.05) is 25.1 Å². The number of aliphatic imine (C=N–C) groups is 1. The van der Waals surface area contributed by atoms with Crippen LogP contribution in [0.25, 0.3) is 0 Å². The number of hydrogen-bond acceptors (Lipinski definition) is 5. The highest BCUT2D eigenvalue weighted by atomic mass is 127. The molecule has 1 atom stereocenters. The fourth-order valence-electron chi connectivity index (χ4n) is 2.66. The molecule has 30 heavy (non-hydrogen) atoms. The van der Waals surface area contributed by atoms with Gasteiger partial charge in [0.05, 0.1) is 19.8 Å². The number of fused-ring (bicyclic) bond motifs is 1. The Bertz CT molecular complexity index is 820. The third kappa shape index (κ3) is 7.52. The lowest BCUT2D eigenvalue weighted by molar-refractivity contribution is 0.114. The van der Waals surface area contributed by atoms with Crippen molar-refractivity contribution in [1.29, 1.82) is 0 Å². The highest BCUT2D eigenvalue weighted by Crippen LogP contribution is 2.32. The van der Waals surface area contributed by atoms with Crippen LogP contribution < -0.4 is 24.8 Å². The summed E-state index contributed by atoms with van der Waals surface area (Å²) in [4.78, 5) is 4.40. The first-order chi connectivity index (χ1) is 14.1. The maximum absolute atomic E-state index is 12.9. The Kier molecular flexibility index (Phi) is 9.95. The van der Waals surface area contributed by atoms with Crippen molar-refractivity contribution in [2.45, 2.75) is 19.4 Å². The Balaban J connectivity index is 0.00000320. The van der Waals surface area contributed by atoms with Crippen molar-refractivity contribution in [1.82, 2.24) is 5.32 Å². The Morgan fingerprint density at radius 3 is 2.63 bits per heavy atom.